The van der Waals surface area contributed by atoms with Gasteiger partial charge in [-0.25, -0.2) is 9.59 Å². The van der Waals surface area contributed by atoms with Crippen molar-refractivity contribution in [1.29, 1.82) is 0 Å². The molecule has 0 radical (unpaired) electrons. The van der Waals surface area contributed by atoms with Crippen LogP contribution in [-0.4, -0.2) is 35.7 Å². The molecular formula is C20H40O6. The van der Waals surface area contributed by atoms with E-state index in [2.05, 4.69) is 13.8 Å². The summed E-state index contributed by atoms with van der Waals surface area (Å²) in [5.41, 5.74) is 0. The maximum atomic E-state index is 11.3. The van der Waals surface area contributed by atoms with Gasteiger partial charge in [0.15, 0.2) is 0 Å². The molecule has 0 spiro atoms. The number of rotatable bonds is 16. The third-order valence-corrected chi connectivity index (χ3v) is 3.94. The normalized spacial score (nSPS) is 9.92. The average molecular weight is 377 g/mol. The highest BCUT2D eigenvalue weighted by molar-refractivity contribution is 5.59. The topological polar surface area (TPSA) is 93.1 Å². The van der Waals surface area contributed by atoms with Crippen LogP contribution in [0.2, 0.25) is 0 Å². The van der Waals surface area contributed by atoms with Gasteiger partial charge in [0.1, 0.15) is 0 Å². The Kier molecular flexibility index (Phi) is 24.2. The molecule has 0 rings (SSSR count). The number of unbranched alkanes of at least 4 members (excludes halogenated alkanes) is 12. The maximum Gasteiger partial charge on any atom is 0.508 e. The van der Waals surface area contributed by atoms with Crippen molar-refractivity contribution in [1.82, 2.24) is 0 Å². The second kappa shape index (κ2) is 23.5. The number of carbonyl (C=O) groups excluding carboxylic acids is 1. The van der Waals surface area contributed by atoms with Crippen molar-refractivity contribution in [3.63, 3.8) is 0 Å². The van der Waals surface area contributed by atoms with Crippen LogP contribution in [0.25, 0.3) is 0 Å². The van der Waals surface area contributed by atoms with Gasteiger partial charge in [0.2, 0.25) is 0 Å². The summed E-state index contributed by atoms with van der Waals surface area (Å²) in [6.07, 6.45) is 14.9. The predicted octanol–water partition coefficient (Wildman–Crippen LogP) is 6.86. The molecule has 0 unspecified atom stereocenters. The van der Waals surface area contributed by atoms with Crippen LogP contribution in [0.15, 0.2) is 0 Å². The van der Waals surface area contributed by atoms with Crippen LogP contribution in [0.3, 0.4) is 0 Å². The first-order valence-electron chi connectivity index (χ1n) is 10.3. The SMILES string of the molecule is CCCCCCCCCOC(=O)OCCCCCCCCC.O=C(O)O. The molecule has 0 aliphatic rings. The first-order valence-corrected chi connectivity index (χ1v) is 10.3. The van der Waals surface area contributed by atoms with Gasteiger partial charge in [0.25, 0.3) is 0 Å². The quantitative estimate of drug-likeness (QED) is 0.226. The van der Waals surface area contributed by atoms with E-state index >= 15 is 0 Å². The zero-order chi connectivity index (χ0) is 19.9. The smallest absolute Gasteiger partial charge is 0.450 e. The van der Waals surface area contributed by atoms with E-state index in [9.17, 15) is 4.79 Å². The van der Waals surface area contributed by atoms with Gasteiger partial charge in [-0.2, -0.15) is 0 Å². The summed E-state index contributed by atoms with van der Waals surface area (Å²) in [5.74, 6) is 0. The lowest BCUT2D eigenvalue weighted by Gasteiger charge is -2.06. The second-order valence-corrected chi connectivity index (χ2v) is 6.47. The van der Waals surface area contributed by atoms with E-state index in [4.69, 9.17) is 24.5 Å². The molecule has 0 saturated carbocycles. The summed E-state index contributed by atoms with van der Waals surface area (Å²) in [4.78, 5) is 19.9. The zero-order valence-electron chi connectivity index (χ0n) is 16.8. The van der Waals surface area contributed by atoms with E-state index in [-0.39, 0.29) is 0 Å². The van der Waals surface area contributed by atoms with Gasteiger partial charge in [0, 0.05) is 0 Å². The summed E-state index contributed by atoms with van der Waals surface area (Å²) < 4.78 is 10.1. The molecule has 0 heterocycles. The van der Waals surface area contributed by atoms with Crippen molar-refractivity contribution in [2.24, 2.45) is 0 Å². The molecule has 0 fully saturated rings. The highest BCUT2D eigenvalue weighted by Gasteiger charge is 2.02. The van der Waals surface area contributed by atoms with E-state index < -0.39 is 12.3 Å². The lowest BCUT2D eigenvalue weighted by atomic mass is 10.1. The molecule has 0 saturated heterocycles. The minimum Gasteiger partial charge on any atom is -0.450 e. The summed E-state index contributed by atoms with van der Waals surface area (Å²) in [7, 11) is 0. The summed E-state index contributed by atoms with van der Waals surface area (Å²) in [5, 5.41) is 13.9. The van der Waals surface area contributed by atoms with Crippen LogP contribution >= 0.6 is 0 Å². The van der Waals surface area contributed by atoms with Crippen molar-refractivity contribution in [2.45, 2.75) is 104 Å². The molecule has 0 aromatic carbocycles. The van der Waals surface area contributed by atoms with E-state index in [0.717, 1.165) is 25.7 Å². The fraction of sp³-hybridized carbons (Fsp3) is 0.900. The van der Waals surface area contributed by atoms with Gasteiger partial charge < -0.3 is 19.7 Å². The van der Waals surface area contributed by atoms with E-state index in [1.807, 2.05) is 0 Å². The largest absolute Gasteiger partial charge is 0.508 e. The van der Waals surface area contributed by atoms with Gasteiger partial charge in [0.05, 0.1) is 13.2 Å². The Bertz CT molecular complexity index is 281. The Morgan fingerprint density at radius 3 is 1.15 bits per heavy atom. The van der Waals surface area contributed by atoms with Crippen LogP contribution in [0.5, 0.6) is 0 Å². The first-order chi connectivity index (χ1) is 12.5. The van der Waals surface area contributed by atoms with Crippen molar-refractivity contribution in [3.05, 3.63) is 0 Å². The molecule has 156 valence electrons. The van der Waals surface area contributed by atoms with Crippen LogP contribution < -0.4 is 0 Å². The minimum atomic E-state index is -1.83. The third-order valence-electron chi connectivity index (χ3n) is 3.94. The lowest BCUT2D eigenvalue weighted by molar-refractivity contribution is 0.0528. The Hall–Kier alpha value is -1.46. The number of hydrogen-bond acceptors (Lipinski definition) is 4. The number of carbonyl (C=O) groups is 2. The lowest BCUT2D eigenvalue weighted by Crippen LogP contribution is -2.09. The molecule has 6 heteroatoms. The van der Waals surface area contributed by atoms with Gasteiger partial charge in [-0.15, -0.1) is 0 Å². The Balaban J connectivity index is 0. The molecule has 0 aromatic rings. The number of carboxylic acid groups (broad SMARTS) is 2. The van der Waals surface area contributed by atoms with E-state index in [0.29, 0.717) is 13.2 Å². The third kappa shape index (κ3) is 30.4. The van der Waals surface area contributed by atoms with Gasteiger partial charge in [-0.3, -0.25) is 0 Å². The molecule has 0 amide bonds. The maximum absolute atomic E-state index is 11.3. The first kappa shape index (κ1) is 26.8. The van der Waals surface area contributed by atoms with Gasteiger partial charge in [-0.05, 0) is 12.8 Å². The predicted molar refractivity (Wildman–Crippen MR) is 104 cm³/mol. The van der Waals surface area contributed by atoms with Crippen molar-refractivity contribution in [3.8, 4) is 0 Å². The monoisotopic (exact) mass is 376 g/mol. The summed E-state index contributed by atoms with van der Waals surface area (Å²) >= 11 is 0. The van der Waals surface area contributed by atoms with Crippen LogP contribution in [0.1, 0.15) is 104 Å². The molecule has 0 aliphatic heterocycles. The molecular weight excluding hydrogens is 336 g/mol. The van der Waals surface area contributed by atoms with E-state index in [1.165, 1.54) is 64.2 Å². The van der Waals surface area contributed by atoms with Crippen LogP contribution in [-0.2, 0) is 9.47 Å². The highest BCUT2D eigenvalue weighted by Crippen LogP contribution is 2.08. The fourth-order valence-corrected chi connectivity index (χ4v) is 2.47. The molecule has 26 heavy (non-hydrogen) atoms. The summed E-state index contributed by atoms with van der Waals surface area (Å²) in [6.45, 7) is 5.46. The highest BCUT2D eigenvalue weighted by atomic mass is 16.7. The van der Waals surface area contributed by atoms with Crippen LogP contribution in [0, 0.1) is 0 Å². The minimum absolute atomic E-state index is 0.489. The molecule has 2 N–H and O–H groups in total. The second-order valence-electron chi connectivity index (χ2n) is 6.47. The van der Waals surface area contributed by atoms with Crippen LogP contribution in [0.4, 0.5) is 9.59 Å². The number of ether oxygens (including phenoxy) is 2. The Morgan fingerprint density at radius 2 is 0.846 bits per heavy atom. The Labute approximate surface area is 159 Å². The van der Waals surface area contributed by atoms with Crippen molar-refractivity contribution < 1.29 is 29.3 Å². The van der Waals surface area contributed by atoms with Crippen molar-refractivity contribution in [2.75, 3.05) is 13.2 Å². The standard InChI is InChI=1S/C19H38O3.CH2O3/c1-3-5-7-9-11-13-15-17-21-19(20)22-18-16-14-12-10-8-6-4-2;2-1(3)4/h3-18H2,1-2H3;(H2,2,3,4). The molecule has 0 bridgehead atoms. The molecule has 6 nitrogen and oxygen atoms in total. The van der Waals surface area contributed by atoms with Gasteiger partial charge >= 0.3 is 12.3 Å². The molecule has 0 aromatic heterocycles. The van der Waals surface area contributed by atoms with Gasteiger partial charge in [-0.1, -0.05) is 90.9 Å². The zero-order valence-corrected chi connectivity index (χ0v) is 16.8. The molecule has 0 aliphatic carbocycles. The van der Waals surface area contributed by atoms with Crippen molar-refractivity contribution >= 4 is 12.3 Å². The summed E-state index contributed by atoms with van der Waals surface area (Å²) in [6, 6.07) is 0. The Morgan fingerprint density at radius 1 is 0.577 bits per heavy atom. The fourth-order valence-electron chi connectivity index (χ4n) is 2.47. The molecule has 0 atom stereocenters. The van der Waals surface area contributed by atoms with E-state index in [1.54, 1.807) is 0 Å². The number of hydrogen-bond donors (Lipinski definition) is 2. The average Bonchev–Trinajstić information content (AvgIpc) is 2.59.